The summed E-state index contributed by atoms with van der Waals surface area (Å²) in [5.74, 6) is -1.98. The van der Waals surface area contributed by atoms with E-state index in [1.807, 2.05) is 0 Å². The first kappa shape index (κ1) is 17.3. The molecule has 2 rings (SSSR count). The Morgan fingerprint density at radius 3 is 2.43 bits per heavy atom. The molecule has 0 aliphatic heterocycles. The molecule has 0 atom stereocenters. The van der Waals surface area contributed by atoms with Crippen LogP contribution in [-0.2, 0) is 15.8 Å². The Labute approximate surface area is 130 Å². The third-order valence-electron chi connectivity index (χ3n) is 4.01. The third-order valence-corrected chi connectivity index (χ3v) is 4.01. The zero-order chi connectivity index (χ0) is 17.3. The number of halogens is 3. The van der Waals surface area contributed by atoms with Crippen molar-refractivity contribution in [2.45, 2.75) is 25.9 Å². The molecular formula is C15H17F3N2O3. The monoisotopic (exact) mass is 330 g/mol. The molecule has 0 heterocycles. The van der Waals surface area contributed by atoms with E-state index in [9.17, 15) is 22.8 Å². The van der Waals surface area contributed by atoms with E-state index in [1.165, 1.54) is 13.0 Å². The average molecular weight is 330 g/mol. The molecule has 1 aliphatic carbocycles. The Morgan fingerprint density at radius 1 is 1.26 bits per heavy atom. The SMILES string of the molecule is Cc1c(NC(=O)C(=O)NCC2(CO)CC2)cccc1C(F)(F)F. The van der Waals surface area contributed by atoms with E-state index in [1.54, 1.807) is 0 Å². The molecule has 1 aromatic rings. The number of aliphatic hydroxyl groups is 1. The predicted molar refractivity (Wildman–Crippen MR) is 76.6 cm³/mol. The van der Waals surface area contributed by atoms with E-state index in [2.05, 4.69) is 10.6 Å². The van der Waals surface area contributed by atoms with Gasteiger partial charge in [0.2, 0.25) is 0 Å². The third kappa shape index (κ3) is 4.01. The fraction of sp³-hybridized carbons (Fsp3) is 0.467. The first-order valence-corrected chi connectivity index (χ1v) is 7.05. The minimum atomic E-state index is -4.54. The Bertz CT molecular complexity index is 625. The number of aliphatic hydroxyl groups excluding tert-OH is 1. The number of alkyl halides is 3. The van der Waals surface area contributed by atoms with E-state index >= 15 is 0 Å². The highest BCUT2D eigenvalue weighted by atomic mass is 19.4. The van der Waals surface area contributed by atoms with E-state index in [0.29, 0.717) is 0 Å². The molecule has 0 bridgehead atoms. The highest BCUT2D eigenvalue weighted by molar-refractivity contribution is 6.39. The van der Waals surface area contributed by atoms with Gasteiger partial charge in [0.25, 0.3) is 0 Å². The van der Waals surface area contributed by atoms with Gasteiger partial charge in [0, 0.05) is 17.6 Å². The van der Waals surface area contributed by atoms with Crippen LogP contribution in [0.15, 0.2) is 18.2 Å². The molecule has 23 heavy (non-hydrogen) atoms. The summed E-state index contributed by atoms with van der Waals surface area (Å²) in [4.78, 5) is 23.5. The van der Waals surface area contributed by atoms with Crippen molar-refractivity contribution in [3.05, 3.63) is 29.3 Å². The van der Waals surface area contributed by atoms with Crippen molar-refractivity contribution in [2.75, 3.05) is 18.5 Å². The lowest BCUT2D eigenvalue weighted by atomic mass is 10.1. The summed E-state index contributed by atoms with van der Waals surface area (Å²) >= 11 is 0. The molecule has 126 valence electrons. The van der Waals surface area contributed by atoms with Crippen LogP contribution in [0.5, 0.6) is 0 Å². The number of hydrogen-bond donors (Lipinski definition) is 3. The number of hydrogen-bond acceptors (Lipinski definition) is 3. The van der Waals surface area contributed by atoms with Crippen molar-refractivity contribution >= 4 is 17.5 Å². The Morgan fingerprint density at radius 2 is 1.91 bits per heavy atom. The molecule has 0 spiro atoms. The van der Waals surface area contributed by atoms with Crippen molar-refractivity contribution in [3.63, 3.8) is 0 Å². The van der Waals surface area contributed by atoms with Crippen LogP contribution >= 0.6 is 0 Å². The maximum atomic E-state index is 12.8. The molecule has 0 radical (unpaired) electrons. The normalized spacial score (nSPS) is 15.9. The average Bonchev–Trinajstić information content (AvgIpc) is 3.26. The van der Waals surface area contributed by atoms with Crippen molar-refractivity contribution < 1.29 is 27.9 Å². The minimum Gasteiger partial charge on any atom is -0.396 e. The topological polar surface area (TPSA) is 78.4 Å². The highest BCUT2D eigenvalue weighted by Gasteiger charge is 2.42. The van der Waals surface area contributed by atoms with Crippen molar-refractivity contribution in [2.24, 2.45) is 5.41 Å². The molecular weight excluding hydrogens is 313 g/mol. The fourth-order valence-electron chi connectivity index (χ4n) is 2.17. The van der Waals surface area contributed by atoms with Crippen molar-refractivity contribution in [1.29, 1.82) is 0 Å². The molecule has 1 aromatic carbocycles. The number of amides is 2. The summed E-state index contributed by atoms with van der Waals surface area (Å²) in [6.45, 7) is 1.31. The Hall–Kier alpha value is -2.09. The van der Waals surface area contributed by atoms with Gasteiger partial charge in [-0.3, -0.25) is 9.59 Å². The number of carbonyl (C=O) groups excluding carboxylic acids is 2. The summed E-state index contributed by atoms with van der Waals surface area (Å²) in [7, 11) is 0. The summed E-state index contributed by atoms with van der Waals surface area (Å²) < 4.78 is 38.4. The number of nitrogens with one attached hydrogen (secondary N) is 2. The number of carbonyl (C=O) groups is 2. The van der Waals surface area contributed by atoms with Crippen LogP contribution in [0, 0.1) is 12.3 Å². The van der Waals surface area contributed by atoms with Crippen LogP contribution < -0.4 is 10.6 Å². The van der Waals surface area contributed by atoms with Gasteiger partial charge in [-0.25, -0.2) is 0 Å². The maximum absolute atomic E-state index is 12.8. The standard InChI is InChI=1S/C15H17F3N2O3/c1-9-10(15(16,17)18)3-2-4-11(9)20-13(23)12(22)19-7-14(8-21)5-6-14/h2-4,21H,5-8H2,1H3,(H,19,22)(H,20,23). The van der Waals surface area contributed by atoms with Gasteiger partial charge in [-0.2, -0.15) is 13.2 Å². The van der Waals surface area contributed by atoms with E-state index < -0.39 is 23.6 Å². The second-order valence-corrected chi connectivity index (χ2v) is 5.77. The summed E-state index contributed by atoms with van der Waals surface area (Å²) in [5.41, 5.74) is -1.45. The van der Waals surface area contributed by atoms with Gasteiger partial charge < -0.3 is 15.7 Å². The van der Waals surface area contributed by atoms with Crippen LogP contribution in [0.2, 0.25) is 0 Å². The van der Waals surface area contributed by atoms with Gasteiger partial charge in [-0.1, -0.05) is 6.07 Å². The van der Waals surface area contributed by atoms with Crippen molar-refractivity contribution in [3.8, 4) is 0 Å². The number of benzene rings is 1. The summed E-state index contributed by atoms with van der Waals surface area (Å²) in [5, 5.41) is 13.7. The first-order chi connectivity index (χ1) is 10.7. The molecule has 1 saturated carbocycles. The molecule has 2 amide bonds. The minimum absolute atomic E-state index is 0.0664. The van der Waals surface area contributed by atoms with Crippen LogP contribution in [0.1, 0.15) is 24.0 Å². The maximum Gasteiger partial charge on any atom is 0.416 e. The fourth-order valence-corrected chi connectivity index (χ4v) is 2.17. The molecule has 0 aromatic heterocycles. The van der Waals surface area contributed by atoms with Crippen LogP contribution in [0.25, 0.3) is 0 Å². The van der Waals surface area contributed by atoms with E-state index in [4.69, 9.17) is 5.11 Å². The Balaban J connectivity index is 2.01. The largest absolute Gasteiger partial charge is 0.416 e. The molecule has 5 nitrogen and oxygen atoms in total. The van der Waals surface area contributed by atoms with Gasteiger partial charge in [-0.05, 0) is 37.5 Å². The zero-order valence-corrected chi connectivity index (χ0v) is 12.5. The van der Waals surface area contributed by atoms with Gasteiger partial charge in [0.1, 0.15) is 0 Å². The second-order valence-electron chi connectivity index (χ2n) is 5.77. The summed E-state index contributed by atoms with van der Waals surface area (Å²) in [6.07, 6.45) is -3.01. The zero-order valence-electron chi connectivity index (χ0n) is 12.5. The first-order valence-electron chi connectivity index (χ1n) is 7.05. The molecule has 0 unspecified atom stereocenters. The summed E-state index contributed by atoms with van der Waals surface area (Å²) in [6, 6.07) is 3.36. The number of anilines is 1. The lowest BCUT2D eigenvalue weighted by Crippen LogP contribution is -2.39. The van der Waals surface area contributed by atoms with Crippen LogP contribution in [-0.4, -0.2) is 30.1 Å². The highest BCUT2D eigenvalue weighted by Crippen LogP contribution is 2.44. The Kier molecular flexibility index (Phi) is 4.65. The van der Waals surface area contributed by atoms with Gasteiger partial charge in [0.05, 0.1) is 12.2 Å². The van der Waals surface area contributed by atoms with Crippen LogP contribution in [0.4, 0.5) is 18.9 Å². The van der Waals surface area contributed by atoms with Crippen LogP contribution in [0.3, 0.4) is 0 Å². The second kappa shape index (κ2) is 6.19. The quantitative estimate of drug-likeness (QED) is 0.737. The smallest absolute Gasteiger partial charge is 0.396 e. The molecule has 3 N–H and O–H groups in total. The van der Waals surface area contributed by atoms with Crippen molar-refractivity contribution in [1.82, 2.24) is 5.32 Å². The van der Waals surface area contributed by atoms with Gasteiger partial charge in [-0.15, -0.1) is 0 Å². The van der Waals surface area contributed by atoms with E-state index in [-0.39, 0.29) is 29.8 Å². The van der Waals surface area contributed by atoms with Gasteiger partial charge >= 0.3 is 18.0 Å². The predicted octanol–water partition coefficient (Wildman–Crippen LogP) is 1.84. The lowest BCUT2D eigenvalue weighted by Gasteiger charge is -2.15. The lowest BCUT2D eigenvalue weighted by molar-refractivity contribution is -0.138. The molecule has 0 saturated heterocycles. The molecule has 8 heteroatoms. The van der Waals surface area contributed by atoms with Gasteiger partial charge in [0.15, 0.2) is 0 Å². The van der Waals surface area contributed by atoms with E-state index in [0.717, 1.165) is 25.0 Å². The molecule has 1 aliphatic rings. The number of rotatable bonds is 4. The molecule has 1 fully saturated rings.